The molecule has 1 heterocycles. The predicted molar refractivity (Wildman–Crippen MR) is 80.4 cm³/mol. The molecule has 7 heteroatoms. The zero-order valence-electron chi connectivity index (χ0n) is 11.0. The number of aromatic nitrogens is 1. The number of anilines is 2. The fourth-order valence-electron chi connectivity index (χ4n) is 1.66. The summed E-state index contributed by atoms with van der Waals surface area (Å²) in [6.07, 6.45) is 1.46. The van der Waals surface area contributed by atoms with E-state index < -0.39 is 10.0 Å². The second kappa shape index (κ2) is 5.30. The number of benzene rings is 1. The first kappa shape index (κ1) is 14.6. The van der Waals surface area contributed by atoms with Gasteiger partial charge >= 0.3 is 0 Å². The maximum absolute atomic E-state index is 12.3. The van der Waals surface area contributed by atoms with Crippen LogP contribution < -0.4 is 10.5 Å². The molecule has 3 N–H and O–H groups in total. The predicted octanol–water partition coefficient (Wildman–Crippen LogP) is 2.73. The Kier molecular flexibility index (Phi) is 3.87. The number of pyridine rings is 1. The second-order valence-corrected chi connectivity index (χ2v) is 6.50. The Bertz CT molecular complexity index is 720. The molecule has 0 unspecified atom stereocenters. The standard InChI is InChI=1S/C13H14ClN3O2S/c1-8-5-11(6-12(15)13(8)14)20(18,19)17-10-4-3-9(2)16-7-10/h3-7,17H,15H2,1-2H3. The normalized spacial score (nSPS) is 11.3. The molecular weight excluding hydrogens is 298 g/mol. The van der Waals surface area contributed by atoms with Crippen molar-refractivity contribution in [3.8, 4) is 0 Å². The monoisotopic (exact) mass is 311 g/mol. The Hall–Kier alpha value is -1.79. The van der Waals surface area contributed by atoms with Crippen molar-refractivity contribution in [2.45, 2.75) is 18.7 Å². The van der Waals surface area contributed by atoms with Crippen LogP contribution in [-0.4, -0.2) is 13.4 Å². The SMILES string of the molecule is Cc1ccc(NS(=O)(=O)c2cc(C)c(Cl)c(N)c2)cn1. The first-order chi connectivity index (χ1) is 9.29. The summed E-state index contributed by atoms with van der Waals surface area (Å²) < 4.78 is 27.0. The third-order valence-electron chi connectivity index (χ3n) is 2.73. The summed E-state index contributed by atoms with van der Waals surface area (Å²) in [5, 5.41) is 0.362. The van der Waals surface area contributed by atoms with Crippen LogP contribution in [-0.2, 0) is 10.0 Å². The highest BCUT2D eigenvalue weighted by atomic mass is 35.5. The zero-order chi connectivity index (χ0) is 14.9. The lowest BCUT2D eigenvalue weighted by atomic mass is 10.2. The average molecular weight is 312 g/mol. The number of nitrogens with zero attached hydrogens (tertiary/aromatic N) is 1. The Morgan fingerprint density at radius 1 is 1.25 bits per heavy atom. The van der Waals surface area contributed by atoms with Gasteiger partial charge in [0.25, 0.3) is 10.0 Å². The molecule has 1 aromatic carbocycles. The van der Waals surface area contributed by atoms with Crippen LogP contribution in [0.4, 0.5) is 11.4 Å². The maximum atomic E-state index is 12.3. The number of aryl methyl sites for hydroxylation is 2. The minimum atomic E-state index is -3.72. The van der Waals surface area contributed by atoms with Gasteiger partial charge in [-0.3, -0.25) is 9.71 Å². The van der Waals surface area contributed by atoms with Gasteiger partial charge in [-0.1, -0.05) is 11.6 Å². The van der Waals surface area contributed by atoms with Crippen LogP contribution in [0.5, 0.6) is 0 Å². The molecular formula is C13H14ClN3O2S. The third-order valence-corrected chi connectivity index (χ3v) is 4.61. The van der Waals surface area contributed by atoms with Gasteiger partial charge in [0.2, 0.25) is 0 Å². The topological polar surface area (TPSA) is 85.1 Å². The number of nitrogen functional groups attached to an aromatic ring is 1. The number of hydrogen-bond donors (Lipinski definition) is 2. The van der Waals surface area contributed by atoms with E-state index in [1.165, 1.54) is 18.3 Å². The van der Waals surface area contributed by atoms with Crippen molar-refractivity contribution >= 4 is 33.0 Å². The van der Waals surface area contributed by atoms with Crippen molar-refractivity contribution in [3.63, 3.8) is 0 Å². The molecule has 0 fully saturated rings. The summed E-state index contributed by atoms with van der Waals surface area (Å²) in [5.41, 5.74) is 7.73. The van der Waals surface area contributed by atoms with Crippen molar-refractivity contribution in [1.82, 2.24) is 4.98 Å². The van der Waals surface area contributed by atoms with Gasteiger partial charge in [-0.15, -0.1) is 0 Å². The first-order valence-corrected chi connectivity index (χ1v) is 7.67. The van der Waals surface area contributed by atoms with Crippen LogP contribution in [0.15, 0.2) is 35.4 Å². The van der Waals surface area contributed by atoms with E-state index in [-0.39, 0.29) is 10.6 Å². The molecule has 0 aliphatic rings. The van der Waals surface area contributed by atoms with Crippen molar-refractivity contribution in [2.24, 2.45) is 0 Å². The molecule has 0 saturated heterocycles. The lowest BCUT2D eigenvalue weighted by Gasteiger charge is -2.10. The highest BCUT2D eigenvalue weighted by molar-refractivity contribution is 7.92. The van der Waals surface area contributed by atoms with Gasteiger partial charge in [-0.05, 0) is 43.7 Å². The van der Waals surface area contributed by atoms with Crippen molar-refractivity contribution in [1.29, 1.82) is 0 Å². The molecule has 0 aliphatic heterocycles. The minimum Gasteiger partial charge on any atom is -0.397 e. The quantitative estimate of drug-likeness (QED) is 0.853. The van der Waals surface area contributed by atoms with E-state index in [4.69, 9.17) is 17.3 Å². The number of sulfonamides is 1. The van der Waals surface area contributed by atoms with Gasteiger partial charge in [0.15, 0.2) is 0 Å². The Labute approximate surface area is 122 Å². The van der Waals surface area contributed by atoms with Gasteiger partial charge in [-0.25, -0.2) is 8.42 Å². The number of halogens is 1. The van der Waals surface area contributed by atoms with Crippen LogP contribution in [0, 0.1) is 13.8 Å². The maximum Gasteiger partial charge on any atom is 0.262 e. The summed E-state index contributed by atoms with van der Waals surface area (Å²) in [5.74, 6) is 0. The van der Waals surface area contributed by atoms with E-state index >= 15 is 0 Å². The van der Waals surface area contributed by atoms with E-state index in [9.17, 15) is 8.42 Å². The molecule has 0 atom stereocenters. The summed E-state index contributed by atoms with van der Waals surface area (Å²) >= 11 is 5.93. The molecule has 5 nitrogen and oxygen atoms in total. The highest BCUT2D eigenvalue weighted by Gasteiger charge is 2.17. The van der Waals surface area contributed by atoms with Crippen LogP contribution >= 0.6 is 11.6 Å². The van der Waals surface area contributed by atoms with E-state index in [2.05, 4.69) is 9.71 Å². The number of rotatable bonds is 3. The van der Waals surface area contributed by atoms with E-state index in [1.54, 1.807) is 19.1 Å². The van der Waals surface area contributed by atoms with Crippen LogP contribution in [0.3, 0.4) is 0 Å². The van der Waals surface area contributed by atoms with Gasteiger partial charge in [-0.2, -0.15) is 0 Å². The molecule has 20 heavy (non-hydrogen) atoms. The fraction of sp³-hybridized carbons (Fsp3) is 0.154. The largest absolute Gasteiger partial charge is 0.397 e. The average Bonchev–Trinajstić information content (AvgIpc) is 2.38. The Morgan fingerprint density at radius 2 is 1.95 bits per heavy atom. The van der Waals surface area contributed by atoms with E-state index in [0.29, 0.717) is 16.3 Å². The summed E-state index contributed by atoms with van der Waals surface area (Å²) in [4.78, 5) is 4.10. The van der Waals surface area contributed by atoms with Crippen LogP contribution in [0.25, 0.3) is 0 Å². The van der Waals surface area contributed by atoms with Gasteiger partial charge in [0, 0.05) is 5.69 Å². The van der Waals surface area contributed by atoms with Gasteiger partial charge in [0.1, 0.15) is 0 Å². The molecule has 0 bridgehead atoms. The molecule has 0 aliphatic carbocycles. The van der Waals surface area contributed by atoms with Crippen LogP contribution in [0.2, 0.25) is 5.02 Å². The summed E-state index contributed by atoms with van der Waals surface area (Å²) in [6.45, 7) is 3.52. The second-order valence-electron chi connectivity index (χ2n) is 4.44. The van der Waals surface area contributed by atoms with Gasteiger partial charge < -0.3 is 5.73 Å². The number of nitrogens with one attached hydrogen (secondary N) is 1. The highest BCUT2D eigenvalue weighted by Crippen LogP contribution is 2.27. The van der Waals surface area contributed by atoms with Crippen molar-refractivity contribution in [3.05, 3.63) is 46.7 Å². The van der Waals surface area contributed by atoms with Crippen molar-refractivity contribution < 1.29 is 8.42 Å². The first-order valence-electron chi connectivity index (χ1n) is 5.81. The lowest BCUT2D eigenvalue weighted by molar-refractivity contribution is 0.601. The zero-order valence-corrected chi connectivity index (χ0v) is 12.6. The lowest BCUT2D eigenvalue weighted by Crippen LogP contribution is -2.14. The molecule has 2 rings (SSSR count). The van der Waals surface area contributed by atoms with Crippen molar-refractivity contribution in [2.75, 3.05) is 10.5 Å². The molecule has 0 radical (unpaired) electrons. The molecule has 0 spiro atoms. The number of nitrogens with two attached hydrogens (primary N) is 1. The van der Waals surface area contributed by atoms with Gasteiger partial charge in [0.05, 0.1) is 27.5 Å². The Balaban J connectivity index is 2.38. The number of hydrogen-bond acceptors (Lipinski definition) is 4. The minimum absolute atomic E-state index is 0.0671. The molecule has 2 aromatic rings. The molecule has 1 aromatic heterocycles. The molecule has 0 saturated carbocycles. The van der Waals surface area contributed by atoms with E-state index in [0.717, 1.165) is 5.69 Å². The third kappa shape index (κ3) is 3.02. The summed E-state index contributed by atoms with van der Waals surface area (Å²) in [7, 11) is -3.72. The van der Waals surface area contributed by atoms with E-state index in [1.807, 2.05) is 6.92 Å². The molecule has 0 amide bonds. The Morgan fingerprint density at radius 3 is 2.50 bits per heavy atom. The van der Waals surface area contributed by atoms with Crippen LogP contribution in [0.1, 0.15) is 11.3 Å². The smallest absolute Gasteiger partial charge is 0.262 e. The molecule has 106 valence electrons. The fourth-order valence-corrected chi connectivity index (χ4v) is 2.93. The summed E-state index contributed by atoms with van der Waals surface area (Å²) in [6, 6.07) is 6.17.